The van der Waals surface area contributed by atoms with Gasteiger partial charge in [-0.05, 0) is 23.6 Å². The highest BCUT2D eigenvalue weighted by Crippen LogP contribution is 2.41. The molecule has 1 saturated heterocycles. The van der Waals surface area contributed by atoms with Crippen LogP contribution in [0.4, 0.5) is 0 Å². The van der Waals surface area contributed by atoms with Gasteiger partial charge in [-0.1, -0.05) is 34.7 Å². The van der Waals surface area contributed by atoms with E-state index < -0.39 is 22.1 Å². The number of halogens is 1. The molecule has 2 heterocycles. The number of hydrogen-bond acceptors (Lipinski definition) is 6. The van der Waals surface area contributed by atoms with Crippen LogP contribution >= 0.6 is 22.6 Å². The number of piperidine rings is 1. The van der Waals surface area contributed by atoms with Gasteiger partial charge in [0, 0.05) is 18.5 Å². The number of nitrogens with one attached hydrogen (secondary N) is 1. The fourth-order valence-corrected chi connectivity index (χ4v) is 3.93. The smallest absolute Gasteiger partial charge is 0.261 e. The first kappa shape index (κ1) is 20.7. The molecule has 4 N–H and O–H groups in total. The van der Waals surface area contributed by atoms with Crippen LogP contribution in [0.1, 0.15) is 38.4 Å². The molecule has 0 bridgehead atoms. The van der Waals surface area contributed by atoms with Gasteiger partial charge in [0.2, 0.25) is 11.8 Å². The molecule has 1 aromatic carbocycles. The second-order valence-corrected chi connectivity index (χ2v) is 8.52. The molecular weight excluding hydrogens is 477 g/mol. The van der Waals surface area contributed by atoms with Crippen LogP contribution < -0.4 is 11.1 Å². The number of rotatable bonds is 2. The molecule has 0 aliphatic carbocycles. The van der Waals surface area contributed by atoms with E-state index in [9.17, 15) is 22.8 Å². The predicted molar refractivity (Wildman–Crippen MR) is 101 cm³/mol. The number of benzene rings is 1. The summed E-state index contributed by atoms with van der Waals surface area (Å²) in [5, 5.41) is 2.30. The van der Waals surface area contributed by atoms with E-state index in [4.69, 9.17) is 10.3 Å². The van der Waals surface area contributed by atoms with Crippen LogP contribution in [0.3, 0.4) is 0 Å². The maximum atomic E-state index is 12.6. The van der Waals surface area contributed by atoms with Crippen molar-refractivity contribution in [3.8, 4) is 0 Å². The van der Waals surface area contributed by atoms with Crippen LogP contribution in [0.15, 0.2) is 18.2 Å². The van der Waals surface area contributed by atoms with E-state index in [1.165, 1.54) is 0 Å². The number of hydrogen-bond donors (Lipinski definition) is 3. The minimum absolute atomic E-state index is 0.164. The highest BCUT2D eigenvalue weighted by Gasteiger charge is 2.43. The van der Waals surface area contributed by atoms with Crippen molar-refractivity contribution < 1.29 is 27.4 Å². The quantitative estimate of drug-likeness (QED) is 0.176. The Balaban J connectivity index is 0.000000431. The first-order valence-electron chi connectivity index (χ1n) is 7.58. The number of fused-ring (bicyclic) bond motifs is 1. The molecule has 1 aromatic rings. The van der Waals surface area contributed by atoms with Gasteiger partial charge in [-0.3, -0.25) is 24.3 Å². The Bertz CT molecular complexity index is 849. The van der Waals surface area contributed by atoms with Crippen molar-refractivity contribution in [3.63, 3.8) is 0 Å². The second kappa shape index (κ2) is 7.98. The van der Waals surface area contributed by atoms with Crippen LogP contribution in [0, 0.1) is 0 Å². The average molecular weight is 495 g/mol. The number of alkyl halides is 1. The van der Waals surface area contributed by atoms with Gasteiger partial charge in [-0.15, -0.1) is 0 Å². The minimum Gasteiger partial charge on any atom is -0.326 e. The third-order valence-electron chi connectivity index (χ3n) is 3.86. The molecule has 2 unspecified atom stereocenters. The van der Waals surface area contributed by atoms with Gasteiger partial charge in [0.25, 0.3) is 16.0 Å². The molecule has 3 rings (SSSR count). The van der Waals surface area contributed by atoms with E-state index in [2.05, 4.69) is 27.9 Å². The Labute approximate surface area is 164 Å². The lowest BCUT2D eigenvalue weighted by molar-refractivity contribution is -0.136. The minimum atomic E-state index is -3.67. The molecule has 26 heavy (non-hydrogen) atoms. The molecule has 1 fully saturated rings. The van der Waals surface area contributed by atoms with Crippen molar-refractivity contribution in [2.75, 3.05) is 6.26 Å². The highest BCUT2D eigenvalue weighted by molar-refractivity contribution is 14.1. The lowest BCUT2D eigenvalue weighted by Gasteiger charge is -2.32. The fourth-order valence-electron chi connectivity index (χ4n) is 2.77. The van der Waals surface area contributed by atoms with Gasteiger partial charge in [-0.2, -0.15) is 8.42 Å². The van der Waals surface area contributed by atoms with E-state index >= 15 is 0 Å². The molecule has 2 aliphatic rings. The van der Waals surface area contributed by atoms with Crippen molar-refractivity contribution in [1.29, 1.82) is 0 Å². The van der Waals surface area contributed by atoms with Crippen molar-refractivity contribution in [3.05, 3.63) is 34.9 Å². The molecule has 0 radical (unpaired) electrons. The Hall–Kier alpha value is -1.57. The molecule has 142 valence electrons. The zero-order valence-corrected chi connectivity index (χ0v) is 16.8. The normalized spacial score (nSPS) is 22.5. The molecular formula is C15H18IN3O6S. The maximum absolute atomic E-state index is 12.6. The standard InChI is InChI=1S/C14H14IN3O3.CH4O3S/c15-12-9-5-7(6-16)1-2-8(9)14(21)18(12)10-3-4-11(19)17-13(10)20;1-5(2,3)4/h1-2,5,10,12H,3-4,6,16H2,(H,17,19,20);1H3,(H,2,3,4). The zero-order chi connectivity index (χ0) is 19.6. The summed E-state index contributed by atoms with van der Waals surface area (Å²) in [6.45, 7) is 0.406. The SMILES string of the molecule is CS(=O)(=O)O.NCc1ccc2c(c1)C(I)N(C1CCC(=O)NC1=O)C2=O. The maximum Gasteiger partial charge on any atom is 0.261 e. The second-order valence-electron chi connectivity index (χ2n) is 5.87. The molecule has 0 saturated carbocycles. The van der Waals surface area contributed by atoms with Crippen LogP contribution in [-0.2, 0) is 26.3 Å². The van der Waals surface area contributed by atoms with E-state index in [1.54, 1.807) is 11.0 Å². The molecule has 0 aromatic heterocycles. The van der Waals surface area contributed by atoms with Crippen molar-refractivity contribution in [2.24, 2.45) is 5.73 Å². The number of nitrogens with zero attached hydrogens (tertiary/aromatic N) is 1. The lowest BCUT2D eigenvalue weighted by atomic mass is 10.0. The van der Waals surface area contributed by atoms with Gasteiger partial charge in [0.15, 0.2) is 0 Å². The monoisotopic (exact) mass is 495 g/mol. The van der Waals surface area contributed by atoms with Crippen molar-refractivity contribution in [1.82, 2.24) is 10.2 Å². The molecule has 2 aliphatic heterocycles. The summed E-state index contributed by atoms with van der Waals surface area (Å²) < 4.78 is 25.6. The third-order valence-corrected chi connectivity index (χ3v) is 5.13. The summed E-state index contributed by atoms with van der Waals surface area (Å²) >= 11 is 2.15. The summed E-state index contributed by atoms with van der Waals surface area (Å²) in [5.41, 5.74) is 8.08. The van der Waals surface area contributed by atoms with Crippen molar-refractivity contribution >= 4 is 50.4 Å². The van der Waals surface area contributed by atoms with Gasteiger partial charge < -0.3 is 10.6 Å². The lowest BCUT2D eigenvalue weighted by Crippen LogP contribution is -2.52. The largest absolute Gasteiger partial charge is 0.326 e. The Morgan fingerprint density at radius 3 is 2.50 bits per heavy atom. The number of amides is 3. The number of nitrogens with two attached hydrogens (primary N) is 1. The summed E-state index contributed by atoms with van der Waals surface area (Å²) in [6.07, 6.45) is 1.34. The Kier molecular flexibility index (Phi) is 6.37. The zero-order valence-electron chi connectivity index (χ0n) is 13.8. The van der Waals surface area contributed by atoms with E-state index in [0.29, 0.717) is 24.8 Å². The van der Waals surface area contributed by atoms with Crippen LogP contribution in [0.2, 0.25) is 0 Å². The van der Waals surface area contributed by atoms with Gasteiger partial charge in [0.05, 0.1) is 6.26 Å². The molecule has 2 atom stereocenters. The third kappa shape index (κ3) is 4.78. The van der Waals surface area contributed by atoms with Crippen LogP contribution in [-0.4, -0.2) is 47.9 Å². The fraction of sp³-hybridized carbons (Fsp3) is 0.400. The first-order chi connectivity index (χ1) is 12.0. The topological polar surface area (TPSA) is 147 Å². The van der Waals surface area contributed by atoms with Crippen LogP contribution in [0.5, 0.6) is 0 Å². The summed E-state index contributed by atoms with van der Waals surface area (Å²) in [7, 11) is -3.67. The van der Waals surface area contributed by atoms with Crippen LogP contribution in [0.25, 0.3) is 0 Å². The molecule has 9 nitrogen and oxygen atoms in total. The molecule has 11 heteroatoms. The summed E-state index contributed by atoms with van der Waals surface area (Å²) in [4.78, 5) is 37.4. The Morgan fingerprint density at radius 1 is 1.35 bits per heavy atom. The van der Waals surface area contributed by atoms with E-state index in [-0.39, 0.29) is 22.3 Å². The molecule has 0 spiro atoms. The van der Waals surface area contributed by atoms with Gasteiger partial charge >= 0.3 is 0 Å². The predicted octanol–water partition coefficient (Wildman–Crippen LogP) is 0.344. The number of carbonyl (C=O) groups excluding carboxylic acids is 3. The first-order valence-corrected chi connectivity index (χ1v) is 10.7. The van der Waals surface area contributed by atoms with Crippen molar-refractivity contribution in [2.45, 2.75) is 29.5 Å². The van der Waals surface area contributed by atoms with E-state index in [1.807, 2.05) is 12.1 Å². The van der Waals surface area contributed by atoms with E-state index in [0.717, 1.165) is 11.1 Å². The summed E-state index contributed by atoms with van der Waals surface area (Å²) in [5.74, 6) is -0.841. The number of carbonyl (C=O) groups is 3. The van der Waals surface area contributed by atoms with Gasteiger partial charge in [0.1, 0.15) is 10.1 Å². The summed E-state index contributed by atoms with van der Waals surface area (Å²) in [6, 6.07) is 4.91. The number of imide groups is 1. The highest BCUT2D eigenvalue weighted by atomic mass is 127. The molecule has 3 amide bonds. The average Bonchev–Trinajstić information content (AvgIpc) is 2.77. The Morgan fingerprint density at radius 2 is 1.96 bits per heavy atom. The van der Waals surface area contributed by atoms with Gasteiger partial charge in [-0.25, -0.2) is 0 Å².